The first-order valence-corrected chi connectivity index (χ1v) is 16.1. The zero-order valence-corrected chi connectivity index (χ0v) is 25.7. The summed E-state index contributed by atoms with van der Waals surface area (Å²) in [5, 5.41) is 3.00. The fraction of sp³-hybridized carbons (Fsp3) is 0.394. The standard InChI is InChI=1S/C33H43N3O4S/c1-6-7-21-34-33(38)31(22-27-11-9-8-10-12-27)35(23-28-15-13-26(4)14-16-28)32(37)24-36(41(5,39)40)30-19-17-29(18-20-30)25(2)3/h8-20,25,31H,6-7,21-24H2,1-5H3,(H,34,38). The summed E-state index contributed by atoms with van der Waals surface area (Å²) in [7, 11) is -3.80. The molecule has 0 aliphatic carbocycles. The maximum Gasteiger partial charge on any atom is 0.244 e. The van der Waals surface area contributed by atoms with E-state index in [2.05, 4.69) is 19.2 Å². The predicted octanol–water partition coefficient (Wildman–Crippen LogP) is 5.44. The molecule has 3 rings (SSSR count). The first-order valence-electron chi connectivity index (χ1n) is 14.2. The van der Waals surface area contributed by atoms with Crippen molar-refractivity contribution in [2.75, 3.05) is 23.7 Å². The van der Waals surface area contributed by atoms with Crippen LogP contribution in [0, 0.1) is 6.92 Å². The molecule has 0 saturated carbocycles. The van der Waals surface area contributed by atoms with Crippen LogP contribution in [0.15, 0.2) is 78.9 Å². The van der Waals surface area contributed by atoms with E-state index >= 15 is 0 Å². The Bertz CT molecular complexity index is 1370. The number of anilines is 1. The third-order valence-corrected chi connectivity index (χ3v) is 8.24. The molecule has 0 spiro atoms. The summed E-state index contributed by atoms with van der Waals surface area (Å²) < 4.78 is 27.0. The highest BCUT2D eigenvalue weighted by Gasteiger charge is 2.33. The van der Waals surface area contributed by atoms with Gasteiger partial charge in [0.2, 0.25) is 21.8 Å². The van der Waals surface area contributed by atoms with Crippen LogP contribution < -0.4 is 9.62 Å². The first-order chi connectivity index (χ1) is 19.5. The lowest BCUT2D eigenvalue weighted by atomic mass is 10.0. The molecule has 8 heteroatoms. The molecule has 0 bridgehead atoms. The smallest absolute Gasteiger partial charge is 0.244 e. The van der Waals surface area contributed by atoms with E-state index in [9.17, 15) is 18.0 Å². The Balaban J connectivity index is 2.02. The molecule has 0 aliphatic rings. The highest BCUT2D eigenvalue weighted by Crippen LogP contribution is 2.23. The van der Waals surface area contributed by atoms with Gasteiger partial charge >= 0.3 is 0 Å². The van der Waals surface area contributed by atoms with Crippen molar-refractivity contribution in [2.45, 2.75) is 65.5 Å². The van der Waals surface area contributed by atoms with Crippen LogP contribution in [0.2, 0.25) is 0 Å². The van der Waals surface area contributed by atoms with Crippen molar-refractivity contribution in [2.24, 2.45) is 0 Å². The van der Waals surface area contributed by atoms with Gasteiger partial charge in [0.1, 0.15) is 12.6 Å². The number of hydrogen-bond donors (Lipinski definition) is 1. The second-order valence-corrected chi connectivity index (χ2v) is 12.8. The second-order valence-electron chi connectivity index (χ2n) is 10.9. The first kappa shape index (κ1) is 31.9. The van der Waals surface area contributed by atoms with Gasteiger partial charge in [-0.1, -0.05) is 99.5 Å². The molecule has 0 saturated heterocycles. The molecule has 0 fully saturated rings. The van der Waals surface area contributed by atoms with E-state index in [-0.39, 0.29) is 18.4 Å². The van der Waals surface area contributed by atoms with Crippen molar-refractivity contribution in [3.05, 3.63) is 101 Å². The lowest BCUT2D eigenvalue weighted by molar-refractivity contribution is -0.140. The van der Waals surface area contributed by atoms with Gasteiger partial charge in [-0.3, -0.25) is 13.9 Å². The Morgan fingerprint density at radius 2 is 1.51 bits per heavy atom. The van der Waals surface area contributed by atoms with E-state index < -0.39 is 28.5 Å². The second kappa shape index (κ2) is 14.8. The van der Waals surface area contributed by atoms with Gasteiger partial charge in [0.05, 0.1) is 11.9 Å². The number of amides is 2. The third kappa shape index (κ3) is 9.46. The summed E-state index contributed by atoms with van der Waals surface area (Å²) in [4.78, 5) is 29.3. The Morgan fingerprint density at radius 3 is 2.07 bits per heavy atom. The topological polar surface area (TPSA) is 86.8 Å². The van der Waals surface area contributed by atoms with E-state index in [4.69, 9.17) is 0 Å². The number of rotatable bonds is 14. The number of unbranched alkanes of at least 4 members (excludes halogenated alkanes) is 1. The van der Waals surface area contributed by atoms with Gasteiger partial charge < -0.3 is 10.2 Å². The lowest BCUT2D eigenvalue weighted by Gasteiger charge is -2.33. The minimum atomic E-state index is -3.80. The van der Waals surface area contributed by atoms with Crippen LogP contribution >= 0.6 is 0 Å². The van der Waals surface area contributed by atoms with Gasteiger partial charge in [-0.25, -0.2) is 8.42 Å². The summed E-state index contributed by atoms with van der Waals surface area (Å²) in [6.07, 6.45) is 3.15. The third-order valence-electron chi connectivity index (χ3n) is 7.10. The van der Waals surface area contributed by atoms with Crippen LogP contribution in [0.5, 0.6) is 0 Å². The molecule has 0 aliphatic heterocycles. The van der Waals surface area contributed by atoms with E-state index in [1.165, 1.54) is 4.90 Å². The van der Waals surface area contributed by atoms with Crippen molar-refractivity contribution < 1.29 is 18.0 Å². The van der Waals surface area contributed by atoms with Gasteiger partial charge in [0.25, 0.3) is 0 Å². The number of aryl methyl sites for hydroxylation is 1. The van der Waals surface area contributed by atoms with Crippen LogP contribution in [-0.4, -0.2) is 50.5 Å². The zero-order valence-electron chi connectivity index (χ0n) is 24.8. The van der Waals surface area contributed by atoms with Gasteiger partial charge in [0, 0.05) is 19.5 Å². The Kier molecular flexibility index (Phi) is 11.5. The molecule has 41 heavy (non-hydrogen) atoms. The largest absolute Gasteiger partial charge is 0.354 e. The van der Waals surface area contributed by atoms with Crippen LogP contribution in [-0.2, 0) is 32.6 Å². The molecule has 1 N–H and O–H groups in total. The molecule has 220 valence electrons. The van der Waals surface area contributed by atoms with Crippen LogP contribution in [0.4, 0.5) is 5.69 Å². The summed E-state index contributed by atoms with van der Waals surface area (Å²) in [6, 6.07) is 23.8. The summed E-state index contributed by atoms with van der Waals surface area (Å²) >= 11 is 0. The minimum Gasteiger partial charge on any atom is -0.354 e. The van der Waals surface area contributed by atoms with Crippen LogP contribution in [0.1, 0.15) is 61.8 Å². The van der Waals surface area contributed by atoms with Gasteiger partial charge in [-0.05, 0) is 48.1 Å². The maximum absolute atomic E-state index is 14.1. The lowest BCUT2D eigenvalue weighted by Crippen LogP contribution is -2.53. The fourth-order valence-corrected chi connectivity index (χ4v) is 5.44. The molecule has 2 amide bonds. The number of nitrogens with one attached hydrogen (secondary N) is 1. The van der Waals surface area contributed by atoms with E-state index in [0.29, 0.717) is 18.7 Å². The van der Waals surface area contributed by atoms with Gasteiger partial charge in [-0.2, -0.15) is 0 Å². The average Bonchev–Trinajstić information content (AvgIpc) is 2.94. The van der Waals surface area contributed by atoms with E-state index in [1.54, 1.807) is 12.1 Å². The molecule has 3 aromatic rings. The number of carbonyl (C=O) groups excluding carboxylic acids is 2. The van der Waals surface area contributed by atoms with Gasteiger partial charge in [0.15, 0.2) is 0 Å². The quantitative estimate of drug-likeness (QED) is 0.259. The highest BCUT2D eigenvalue weighted by molar-refractivity contribution is 7.92. The Morgan fingerprint density at radius 1 is 0.878 bits per heavy atom. The summed E-state index contributed by atoms with van der Waals surface area (Å²) in [5.41, 5.74) is 4.33. The molecular weight excluding hydrogens is 534 g/mol. The number of benzene rings is 3. The van der Waals surface area contributed by atoms with Crippen molar-refractivity contribution >= 4 is 27.5 Å². The molecule has 0 radical (unpaired) electrons. The van der Waals surface area contributed by atoms with Crippen molar-refractivity contribution in [1.29, 1.82) is 0 Å². The Hall–Kier alpha value is -3.65. The van der Waals surface area contributed by atoms with Crippen molar-refractivity contribution in [1.82, 2.24) is 10.2 Å². The summed E-state index contributed by atoms with van der Waals surface area (Å²) in [6.45, 7) is 8.42. The van der Waals surface area contributed by atoms with Crippen molar-refractivity contribution in [3.63, 3.8) is 0 Å². The normalized spacial score (nSPS) is 12.1. The number of carbonyl (C=O) groups is 2. The zero-order chi connectivity index (χ0) is 30.0. The molecule has 0 aromatic heterocycles. The molecular formula is C33H43N3O4S. The van der Waals surface area contributed by atoms with E-state index in [0.717, 1.165) is 45.7 Å². The van der Waals surface area contributed by atoms with Crippen LogP contribution in [0.3, 0.4) is 0 Å². The minimum absolute atomic E-state index is 0.168. The number of nitrogens with zero attached hydrogens (tertiary/aromatic N) is 2. The molecule has 0 heterocycles. The highest BCUT2D eigenvalue weighted by atomic mass is 32.2. The molecule has 3 aromatic carbocycles. The van der Waals surface area contributed by atoms with Crippen LogP contribution in [0.25, 0.3) is 0 Å². The van der Waals surface area contributed by atoms with E-state index in [1.807, 2.05) is 80.6 Å². The Labute approximate surface area is 245 Å². The molecule has 1 atom stereocenters. The SMILES string of the molecule is CCCCNC(=O)C(Cc1ccccc1)N(Cc1ccc(C)cc1)C(=O)CN(c1ccc(C(C)C)cc1)S(C)(=O)=O. The number of hydrogen-bond acceptors (Lipinski definition) is 4. The molecule has 1 unspecified atom stereocenters. The summed E-state index contributed by atoms with van der Waals surface area (Å²) in [5.74, 6) is -0.419. The molecule has 7 nitrogen and oxygen atoms in total. The average molecular weight is 578 g/mol. The van der Waals surface area contributed by atoms with Crippen molar-refractivity contribution in [3.8, 4) is 0 Å². The predicted molar refractivity (Wildman–Crippen MR) is 166 cm³/mol. The number of sulfonamides is 1. The monoisotopic (exact) mass is 577 g/mol. The van der Waals surface area contributed by atoms with Gasteiger partial charge in [-0.15, -0.1) is 0 Å². The fourth-order valence-electron chi connectivity index (χ4n) is 4.59. The maximum atomic E-state index is 14.1.